The molecule has 1 aliphatic rings. The molecule has 0 radical (unpaired) electrons. The molecule has 2 heterocycles. The smallest absolute Gasteiger partial charge is 0.369 e. The van der Waals surface area contributed by atoms with Gasteiger partial charge in [0.25, 0.3) is 5.08 Å². The van der Waals surface area contributed by atoms with Crippen LogP contribution in [0.25, 0.3) is 0 Å². The first-order chi connectivity index (χ1) is 9.47. The van der Waals surface area contributed by atoms with E-state index in [1.165, 1.54) is 12.3 Å². The minimum absolute atomic E-state index is 0.0957. The number of nitrogens with zero attached hydrogens (tertiary/aromatic N) is 1. The van der Waals surface area contributed by atoms with Crippen LogP contribution in [0.5, 0.6) is 0 Å². The standard InChI is InChI=1S/C8H14N4O7P2/c9-7-6-4(1-2-10-7)5(11-12-6)3-8(13,20(14,15)16)21(17,18)19/h1-2,5,11-13H,3H2,(H2,9,10)(H2,14,15,16)(H2,17,18,19). The highest BCUT2D eigenvalue weighted by molar-refractivity contribution is 7.72. The van der Waals surface area contributed by atoms with Gasteiger partial charge in [0, 0.05) is 18.2 Å². The molecular formula is C8H14N4O7P2. The average Bonchev–Trinajstić information content (AvgIpc) is 2.71. The lowest BCUT2D eigenvalue weighted by Crippen LogP contribution is -2.34. The summed E-state index contributed by atoms with van der Waals surface area (Å²) in [5.41, 5.74) is 11.4. The van der Waals surface area contributed by atoms with Gasteiger partial charge in [-0.15, -0.1) is 0 Å². The lowest BCUT2D eigenvalue weighted by atomic mass is 10.1. The number of hydrazine groups is 1. The number of nitrogens with two attached hydrogens (primary N) is 1. The molecule has 0 bridgehead atoms. The zero-order valence-electron chi connectivity index (χ0n) is 10.4. The number of hydrogen-bond acceptors (Lipinski definition) is 7. The molecule has 0 aromatic carbocycles. The highest BCUT2D eigenvalue weighted by atomic mass is 31.2. The van der Waals surface area contributed by atoms with E-state index in [2.05, 4.69) is 15.8 Å². The molecule has 0 spiro atoms. The van der Waals surface area contributed by atoms with Crippen LogP contribution < -0.4 is 16.6 Å². The second-order valence-corrected chi connectivity index (χ2v) is 8.56. The monoisotopic (exact) mass is 340 g/mol. The summed E-state index contributed by atoms with van der Waals surface area (Å²) in [7, 11) is -11.0. The average molecular weight is 340 g/mol. The maximum Gasteiger partial charge on any atom is 0.369 e. The van der Waals surface area contributed by atoms with Crippen molar-refractivity contribution in [3.63, 3.8) is 0 Å². The largest absolute Gasteiger partial charge is 0.382 e. The van der Waals surface area contributed by atoms with E-state index in [0.717, 1.165) is 0 Å². The molecule has 2 rings (SSSR count). The lowest BCUT2D eigenvalue weighted by molar-refractivity contribution is 0.114. The summed E-state index contributed by atoms with van der Waals surface area (Å²) < 4.78 is 22.7. The molecule has 21 heavy (non-hydrogen) atoms. The second-order valence-electron chi connectivity index (χ2n) is 4.55. The summed E-state index contributed by atoms with van der Waals surface area (Å²) in [5, 5.41) is 6.40. The van der Waals surface area contributed by atoms with Crippen molar-refractivity contribution in [2.45, 2.75) is 17.5 Å². The summed E-state index contributed by atoms with van der Waals surface area (Å²) >= 11 is 0. The quantitative estimate of drug-likeness (QED) is 0.313. The Balaban J connectivity index is 2.41. The molecule has 1 aliphatic heterocycles. The third-order valence-corrected chi connectivity index (χ3v) is 6.96. The van der Waals surface area contributed by atoms with E-state index >= 15 is 0 Å². The predicted molar refractivity (Wildman–Crippen MR) is 71.8 cm³/mol. The summed E-state index contributed by atoms with van der Waals surface area (Å²) in [6.45, 7) is 0. The lowest BCUT2D eigenvalue weighted by Gasteiger charge is -2.31. The van der Waals surface area contributed by atoms with Crippen molar-refractivity contribution in [1.82, 2.24) is 10.4 Å². The molecule has 1 aromatic heterocycles. The zero-order valence-corrected chi connectivity index (χ0v) is 12.2. The third kappa shape index (κ3) is 2.70. The molecule has 1 aromatic rings. The maximum atomic E-state index is 11.3. The van der Waals surface area contributed by atoms with Crippen LogP contribution in [-0.4, -0.2) is 34.7 Å². The Morgan fingerprint density at radius 3 is 2.38 bits per heavy atom. The zero-order chi connectivity index (χ0) is 16.1. The predicted octanol–water partition coefficient (Wildman–Crippen LogP) is -0.973. The van der Waals surface area contributed by atoms with Crippen molar-refractivity contribution in [1.29, 1.82) is 0 Å². The van der Waals surface area contributed by atoms with E-state index in [-0.39, 0.29) is 5.82 Å². The second kappa shape index (κ2) is 5.01. The van der Waals surface area contributed by atoms with Crippen LogP contribution in [0.1, 0.15) is 18.0 Å². The van der Waals surface area contributed by atoms with Crippen LogP contribution in [0.4, 0.5) is 11.5 Å². The number of rotatable bonds is 4. The van der Waals surface area contributed by atoms with E-state index in [1.807, 2.05) is 0 Å². The normalized spacial score (nSPS) is 19.2. The van der Waals surface area contributed by atoms with Gasteiger partial charge in [-0.25, -0.2) is 10.4 Å². The van der Waals surface area contributed by atoms with Gasteiger partial charge >= 0.3 is 15.2 Å². The molecule has 0 fully saturated rings. The number of nitrogens with one attached hydrogen (secondary N) is 2. The van der Waals surface area contributed by atoms with Crippen LogP contribution in [0, 0.1) is 0 Å². The molecule has 0 saturated carbocycles. The number of pyridine rings is 1. The summed E-state index contributed by atoms with van der Waals surface area (Å²) in [6, 6.07) is 0.471. The van der Waals surface area contributed by atoms with Crippen LogP contribution in [-0.2, 0) is 9.13 Å². The van der Waals surface area contributed by atoms with Gasteiger partial charge in [0.05, 0.1) is 11.7 Å². The SMILES string of the molecule is Nc1nccc2c1NNC2CC(O)(P(=O)(O)O)P(=O)(O)O. The molecule has 0 aliphatic carbocycles. The van der Waals surface area contributed by atoms with E-state index in [0.29, 0.717) is 11.3 Å². The molecule has 9 N–H and O–H groups in total. The van der Waals surface area contributed by atoms with Gasteiger partial charge < -0.3 is 35.8 Å². The maximum absolute atomic E-state index is 11.3. The van der Waals surface area contributed by atoms with Crippen molar-refractivity contribution in [3.8, 4) is 0 Å². The van der Waals surface area contributed by atoms with Gasteiger partial charge in [-0.3, -0.25) is 9.13 Å². The van der Waals surface area contributed by atoms with Crippen molar-refractivity contribution < 1.29 is 33.8 Å². The highest BCUT2D eigenvalue weighted by Crippen LogP contribution is 2.70. The first-order valence-electron chi connectivity index (χ1n) is 5.57. The fourth-order valence-electron chi connectivity index (χ4n) is 2.00. The Hall–Kier alpha value is -1.03. The van der Waals surface area contributed by atoms with Crippen LogP contribution in [0.2, 0.25) is 0 Å². The molecule has 1 unspecified atom stereocenters. The minimum atomic E-state index is -5.51. The van der Waals surface area contributed by atoms with E-state index < -0.39 is 32.7 Å². The Morgan fingerprint density at radius 1 is 1.29 bits per heavy atom. The van der Waals surface area contributed by atoms with Gasteiger partial charge in [-0.1, -0.05) is 0 Å². The van der Waals surface area contributed by atoms with Gasteiger partial charge in [0.2, 0.25) is 0 Å². The van der Waals surface area contributed by atoms with Gasteiger partial charge in [-0.2, -0.15) is 0 Å². The number of nitrogen functional groups attached to an aromatic ring is 1. The number of fused-ring (bicyclic) bond motifs is 1. The van der Waals surface area contributed by atoms with Gasteiger partial charge in [0.1, 0.15) is 5.82 Å². The topological polar surface area (TPSA) is 198 Å². The Labute approximate surface area is 118 Å². The van der Waals surface area contributed by atoms with Gasteiger partial charge in [0.15, 0.2) is 0 Å². The first kappa shape index (κ1) is 16.3. The van der Waals surface area contributed by atoms with Crippen molar-refractivity contribution in [2.75, 3.05) is 11.2 Å². The Kier molecular flexibility index (Phi) is 3.90. The molecule has 13 heteroatoms. The van der Waals surface area contributed by atoms with E-state index in [1.54, 1.807) is 0 Å². The molecule has 1 atom stereocenters. The van der Waals surface area contributed by atoms with Crippen molar-refractivity contribution in [2.24, 2.45) is 0 Å². The molecule has 11 nitrogen and oxygen atoms in total. The number of aromatic nitrogens is 1. The summed E-state index contributed by atoms with van der Waals surface area (Å²) in [5.74, 6) is 0.0957. The Morgan fingerprint density at radius 2 is 1.86 bits per heavy atom. The van der Waals surface area contributed by atoms with Gasteiger partial charge in [-0.05, 0) is 6.07 Å². The van der Waals surface area contributed by atoms with E-state index in [4.69, 9.17) is 25.3 Å². The highest BCUT2D eigenvalue weighted by Gasteiger charge is 2.60. The van der Waals surface area contributed by atoms with E-state index in [9.17, 15) is 14.2 Å². The number of anilines is 2. The summed E-state index contributed by atoms with van der Waals surface area (Å²) in [4.78, 5) is 40.3. The Bertz CT molecular complexity index is 634. The first-order valence-corrected chi connectivity index (χ1v) is 8.79. The number of hydrogen-bond donors (Lipinski definition) is 8. The fourth-order valence-corrected chi connectivity index (χ4v) is 4.20. The van der Waals surface area contributed by atoms with Crippen LogP contribution >= 0.6 is 15.2 Å². The third-order valence-electron chi connectivity index (χ3n) is 3.17. The molecule has 118 valence electrons. The molecule has 0 amide bonds. The van der Waals surface area contributed by atoms with Crippen LogP contribution in [0.3, 0.4) is 0 Å². The van der Waals surface area contributed by atoms with Crippen LogP contribution in [0.15, 0.2) is 12.3 Å². The van der Waals surface area contributed by atoms with Crippen molar-refractivity contribution >= 4 is 26.7 Å². The molecular weight excluding hydrogens is 326 g/mol. The number of aliphatic hydroxyl groups is 1. The summed E-state index contributed by atoms with van der Waals surface area (Å²) in [6.07, 6.45) is 0.398. The minimum Gasteiger partial charge on any atom is -0.382 e. The van der Waals surface area contributed by atoms with Crippen molar-refractivity contribution in [3.05, 3.63) is 17.8 Å². The molecule has 0 saturated heterocycles. The fraction of sp³-hybridized carbons (Fsp3) is 0.375.